The molecule has 5 heterocycles. The zero-order chi connectivity index (χ0) is 25.1. The first-order valence-electron chi connectivity index (χ1n) is 10.8. The number of aromatic nitrogens is 6. The van der Waals surface area contributed by atoms with Gasteiger partial charge in [0.15, 0.2) is 0 Å². The second-order valence-corrected chi connectivity index (χ2v) is 11.2. The second kappa shape index (κ2) is 14.9. The number of hydrogen-bond acceptors (Lipinski definition) is 6. The third kappa shape index (κ3) is 8.33. The van der Waals surface area contributed by atoms with Gasteiger partial charge < -0.3 is 24.3 Å². The average molecular weight is 662 g/mol. The van der Waals surface area contributed by atoms with Crippen LogP contribution in [0.1, 0.15) is 20.3 Å². The molecule has 3 radical (unpaired) electrons. The molecule has 1 fully saturated rings. The molecule has 3 aromatic heterocycles. The zero-order valence-electron chi connectivity index (χ0n) is 20.6. The summed E-state index contributed by atoms with van der Waals surface area (Å²) in [5.74, 6) is 0.507. The Morgan fingerprint density at radius 2 is 1.46 bits per heavy atom. The Balaban J connectivity index is 0.000000287. The van der Waals surface area contributed by atoms with E-state index in [9.17, 15) is 0 Å². The van der Waals surface area contributed by atoms with Crippen LogP contribution in [-0.2, 0) is 21.1 Å². The number of rotatable bonds is 3. The fourth-order valence-electron chi connectivity index (χ4n) is 3.68. The number of hydrogen-bond donors (Lipinski definition) is 0. The first-order chi connectivity index (χ1) is 16.3. The van der Waals surface area contributed by atoms with Crippen molar-refractivity contribution in [2.75, 3.05) is 20.0 Å². The van der Waals surface area contributed by atoms with Gasteiger partial charge in [-0.25, -0.2) is 15.3 Å². The summed E-state index contributed by atoms with van der Waals surface area (Å²) in [6.45, 7) is 10.8. The summed E-state index contributed by atoms with van der Waals surface area (Å²) in [6, 6.07) is 7.96. The number of nitroso groups, excluding NO2 is 1. The van der Waals surface area contributed by atoms with Gasteiger partial charge >= 0.3 is 21.1 Å². The van der Waals surface area contributed by atoms with Gasteiger partial charge in [-0.05, 0) is 89.9 Å². The van der Waals surface area contributed by atoms with Crippen LogP contribution in [0.4, 0.5) is 0 Å². The molecular formula is C22H30BN9OPW. The van der Waals surface area contributed by atoms with Crippen molar-refractivity contribution in [2.45, 2.75) is 25.8 Å². The summed E-state index contributed by atoms with van der Waals surface area (Å²) >= 11 is 0. The number of nitriles is 1. The number of nitrogens with zero attached hydrogens (tertiary/aromatic N) is 9. The molecule has 0 aromatic carbocycles. The molecule has 35 heavy (non-hydrogen) atoms. The van der Waals surface area contributed by atoms with E-state index in [1.54, 1.807) is 32.4 Å². The Morgan fingerprint density at radius 3 is 1.74 bits per heavy atom. The SMILES string of the molecule is CC1=N[C@]2(C)[CH][CH][C@H]1C[C@H]2C#N.CP(C)C.[N-]=O.[W+2].c1cnn([B-](n2cccn2)n2cccn2)c1. The van der Waals surface area contributed by atoms with Crippen molar-refractivity contribution < 1.29 is 21.1 Å². The van der Waals surface area contributed by atoms with Crippen molar-refractivity contribution in [3.05, 3.63) is 78.7 Å². The Kier molecular flexibility index (Phi) is 13.0. The summed E-state index contributed by atoms with van der Waals surface area (Å²) in [4.78, 5) is 11.8. The van der Waals surface area contributed by atoms with Gasteiger partial charge in [-0.1, -0.05) is 0 Å². The maximum absolute atomic E-state index is 8.91. The average Bonchev–Trinajstić information content (AvgIpc) is 3.60. The molecule has 6 rings (SSSR count). The molecule has 1 aliphatic carbocycles. The van der Waals surface area contributed by atoms with Crippen LogP contribution in [0.15, 0.2) is 60.4 Å². The van der Waals surface area contributed by atoms with Crippen LogP contribution in [0, 0.1) is 40.9 Å². The Bertz CT molecular complexity index is 954. The Labute approximate surface area is 223 Å². The molecule has 3 atom stereocenters. The molecule has 3 aliphatic rings. The molecule has 2 bridgehead atoms. The van der Waals surface area contributed by atoms with Crippen LogP contribution < -0.4 is 0 Å². The Hall–Kier alpha value is -2.43. The van der Waals surface area contributed by atoms with Gasteiger partial charge in [-0.15, -0.1) is 7.92 Å². The fourth-order valence-corrected chi connectivity index (χ4v) is 3.68. The third-order valence-corrected chi connectivity index (χ3v) is 5.26. The molecule has 13 heteroatoms. The van der Waals surface area contributed by atoms with Crippen LogP contribution in [0.25, 0.3) is 5.59 Å². The summed E-state index contributed by atoms with van der Waals surface area (Å²) in [5.41, 5.74) is 6.71. The normalized spacial score (nSPS) is 21.7. The van der Waals surface area contributed by atoms with Gasteiger partial charge in [0.25, 0.3) is 7.12 Å². The van der Waals surface area contributed by atoms with Crippen LogP contribution in [0.3, 0.4) is 0 Å². The molecule has 0 amide bonds. The van der Waals surface area contributed by atoms with E-state index >= 15 is 0 Å². The quantitative estimate of drug-likeness (QED) is 0.313. The fraction of sp³-hybridized carbons (Fsp3) is 0.409. The second-order valence-electron chi connectivity index (χ2n) is 8.51. The van der Waals surface area contributed by atoms with E-state index in [1.165, 1.54) is 5.71 Å². The van der Waals surface area contributed by atoms with Crippen molar-refractivity contribution in [3.63, 3.8) is 0 Å². The van der Waals surface area contributed by atoms with Crippen LogP contribution in [0.2, 0.25) is 0 Å². The minimum Gasteiger partial charge on any atom is -0.577 e. The predicted octanol–water partition coefficient (Wildman–Crippen LogP) is 3.67. The summed E-state index contributed by atoms with van der Waals surface area (Å²) in [5, 5.41) is 21.6. The molecular weight excluding hydrogens is 632 g/mol. The minimum absolute atomic E-state index is 0. The molecule has 0 unspecified atom stereocenters. The molecule has 10 nitrogen and oxygen atoms in total. The monoisotopic (exact) mass is 662 g/mol. The summed E-state index contributed by atoms with van der Waals surface area (Å²) < 4.78 is 5.38. The summed E-state index contributed by atoms with van der Waals surface area (Å²) in [7, 11) is 0.185. The molecule has 0 saturated heterocycles. The molecule has 3 aromatic rings. The standard InChI is InChI=1S/C10H12N2.C9H9BN6.C3H9P.NO.W/c1-7-8-3-4-10(2,12-7)9(5-8)6-11;1-4-11-14(7-1)10(15-8-2-5-12-15)16-9-3-6-13-16;1-4(2)3;1-2;/h3-4,8-9H,5H2,1-2H3;1-9H;1-3H3;;/q;-1;;-1;+2/t8-,9-,10+;;;;/m0..../s1. The largest absolute Gasteiger partial charge is 2.00 e. The molecule has 0 spiro atoms. The molecule has 183 valence electrons. The number of aliphatic imine (C=N–C) groups is 1. The minimum atomic E-state index is -0.229. The van der Waals surface area contributed by atoms with Crippen molar-refractivity contribution in [2.24, 2.45) is 16.8 Å². The molecule has 1 saturated carbocycles. The van der Waals surface area contributed by atoms with Crippen molar-refractivity contribution in [3.8, 4) is 6.07 Å². The number of fused-ring (bicyclic) bond motifs is 2. The van der Waals surface area contributed by atoms with E-state index in [0.29, 0.717) is 13.8 Å². The topological polar surface area (TPSA) is 129 Å². The van der Waals surface area contributed by atoms with Crippen LogP contribution >= 0.6 is 7.92 Å². The maximum Gasteiger partial charge on any atom is 2.00 e. The van der Waals surface area contributed by atoms with Crippen molar-refractivity contribution in [1.82, 2.24) is 29.1 Å². The van der Waals surface area contributed by atoms with Gasteiger partial charge in [-0.3, -0.25) is 4.99 Å². The van der Waals surface area contributed by atoms with E-state index in [2.05, 4.69) is 66.1 Å². The van der Waals surface area contributed by atoms with Gasteiger partial charge in [0, 0.05) is 30.2 Å². The predicted molar refractivity (Wildman–Crippen MR) is 137 cm³/mol. The molecule has 0 N–H and O–H groups in total. The van der Waals surface area contributed by atoms with Crippen molar-refractivity contribution >= 4 is 20.8 Å². The van der Waals surface area contributed by atoms with E-state index in [4.69, 9.17) is 15.8 Å². The van der Waals surface area contributed by atoms with Gasteiger partial charge in [-0.2, -0.15) is 5.26 Å². The first kappa shape index (κ1) is 30.6. The Morgan fingerprint density at radius 1 is 1.03 bits per heavy atom. The third-order valence-electron chi connectivity index (χ3n) is 5.26. The van der Waals surface area contributed by atoms with Gasteiger partial charge in [0.05, 0.1) is 17.5 Å². The maximum atomic E-state index is 8.91. The van der Waals surface area contributed by atoms with E-state index < -0.39 is 0 Å². The van der Waals surface area contributed by atoms with Gasteiger partial charge in [0.2, 0.25) is 0 Å². The van der Waals surface area contributed by atoms with E-state index in [0.717, 1.165) is 6.42 Å². The smallest absolute Gasteiger partial charge is 0.577 e. The zero-order valence-corrected chi connectivity index (χ0v) is 24.4. The van der Waals surface area contributed by atoms with E-state index in [1.807, 2.05) is 43.7 Å². The van der Waals surface area contributed by atoms with E-state index in [-0.39, 0.29) is 39.6 Å². The van der Waals surface area contributed by atoms with Gasteiger partial charge in [0.1, 0.15) is 0 Å². The first-order valence-corrected chi connectivity index (χ1v) is 13.4. The summed E-state index contributed by atoms with van der Waals surface area (Å²) in [6.07, 6.45) is 16.1. The van der Waals surface area contributed by atoms with Crippen molar-refractivity contribution in [1.29, 1.82) is 5.26 Å². The van der Waals surface area contributed by atoms with Crippen LogP contribution in [0.5, 0.6) is 0 Å². The van der Waals surface area contributed by atoms with Crippen LogP contribution in [-0.4, -0.2) is 67.4 Å². The molecule has 2 aliphatic heterocycles.